The normalized spacial score (nSPS) is 26.0. The van der Waals surface area contributed by atoms with Crippen molar-refractivity contribution in [3.63, 3.8) is 0 Å². The zero-order chi connectivity index (χ0) is 18.5. The van der Waals surface area contributed by atoms with Crippen molar-refractivity contribution in [2.24, 2.45) is 0 Å². The Kier molecular flexibility index (Phi) is 4.34. The summed E-state index contributed by atoms with van der Waals surface area (Å²) in [6.45, 7) is 0.791. The summed E-state index contributed by atoms with van der Waals surface area (Å²) in [6, 6.07) is 0. The molecule has 4 heterocycles. The molecular formula is C13H18N5O7P. The van der Waals surface area contributed by atoms with Crippen molar-refractivity contribution in [2.45, 2.75) is 37.8 Å². The topological polar surface area (TPSA) is 161 Å². The van der Waals surface area contributed by atoms with Crippen LogP contribution >= 0.6 is 7.82 Å². The molecule has 0 aliphatic carbocycles. The van der Waals surface area contributed by atoms with Crippen LogP contribution in [0, 0.1) is 0 Å². The van der Waals surface area contributed by atoms with Crippen LogP contribution in [-0.2, 0) is 20.4 Å². The summed E-state index contributed by atoms with van der Waals surface area (Å²) in [5.74, 6) is 0.440. The van der Waals surface area contributed by atoms with Gasteiger partial charge < -0.3 is 24.9 Å². The van der Waals surface area contributed by atoms with Crippen LogP contribution in [-0.4, -0.2) is 59.4 Å². The molecule has 4 N–H and O–H groups in total. The number of hydrogen-bond donors (Lipinski definition) is 4. The number of hydrogen-bond acceptors (Lipinski definition) is 8. The molecule has 0 radical (unpaired) electrons. The summed E-state index contributed by atoms with van der Waals surface area (Å²) < 4.78 is 24.5. The number of phosphoric ester groups is 1. The minimum atomic E-state index is -4.74. The number of imidazole rings is 1. The van der Waals surface area contributed by atoms with Crippen molar-refractivity contribution in [3.8, 4) is 0 Å². The lowest BCUT2D eigenvalue weighted by atomic mass is 10.2. The second-order valence-electron chi connectivity index (χ2n) is 6.18. The molecule has 3 atom stereocenters. The maximum atomic E-state index is 12.6. The highest BCUT2D eigenvalue weighted by Crippen LogP contribution is 2.43. The summed E-state index contributed by atoms with van der Waals surface area (Å²) in [5.41, 5.74) is 0.214. The van der Waals surface area contributed by atoms with Crippen molar-refractivity contribution in [1.29, 1.82) is 0 Å². The van der Waals surface area contributed by atoms with Gasteiger partial charge in [0.2, 0.25) is 5.95 Å². The number of fused-ring (bicyclic) bond motifs is 2. The molecule has 2 aromatic heterocycles. The van der Waals surface area contributed by atoms with Crippen molar-refractivity contribution in [3.05, 3.63) is 16.7 Å². The van der Waals surface area contributed by atoms with Gasteiger partial charge in [-0.15, -0.1) is 0 Å². The van der Waals surface area contributed by atoms with Crippen molar-refractivity contribution in [1.82, 2.24) is 19.1 Å². The summed E-state index contributed by atoms with van der Waals surface area (Å²) >= 11 is 0. The van der Waals surface area contributed by atoms with E-state index in [0.29, 0.717) is 24.7 Å². The first-order valence-corrected chi connectivity index (χ1v) is 9.62. The lowest BCUT2D eigenvalue weighted by Crippen LogP contribution is -2.30. The smallest absolute Gasteiger partial charge is 0.394 e. The van der Waals surface area contributed by atoms with Gasteiger partial charge in [0.15, 0.2) is 11.2 Å². The fourth-order valence-corrected chi connectivity index (χ4v) is 3.89. The average molecular weight is 387 g/mol. The maximum absolute atomic E-state index is 12.6. The third-order valence-electron chi connectivity index (χ3n) is 4.47. The van der Waals surface area contributed by atoms with E-state index in [1.807, 2.05) is 0 Å². The number of ether oxygens (including phenoxy) is 1. The number of nitrogens with zero attached hydrogens (tertiary/aromatic N) is 4. The SMILES string of the molecule is O=c1c2ncn([C@H]3C[C@H](OP(=O)(O)O)[C@@H](CO)O3)c2nc2n1CCCN2. The summed E-state index contributed by atoms with van der Waals surface area (Å²) in [7, 11) is -4.74. The first-order chi connectivity index (χ1) is 12.4. The van der Waals surface area contributed by atoms with E-state index in [1.54, 1.807) is 0 Å². The van der Waals surface area contributed by atoms with E-state index < -0.39 is 32.9 Å². The molecule has 2 aromatic rings. The number of phosphoric acid groups is 1. The summed E-state index contributed by atoms with van der Waals surface area (Å²) in [4.78, 5) is 39.2. The highest BCUT2D eigenvalue weighted by Gasteiger charge is 2.41. The predicted molar refractivity (Wildman–Crippen MR) is 87.4 cm³/mol. The molecule has 2 aliphatic rings. The Morgan fingerprint density at radius 2 is 2.27 bits per heavy atom. The summed E-state index contributed by atoms with van der Waals surface area (Å²) in [5, 5.41) is 12.5. The quantitative estimate of drug-likeness (QED) is 0.487. The molecule has 4 rings (SSSR count). The largest absolute Gasteiger partial charge is 0.469 e. The van der Waals surface area contributed by atoms with Gasteiger partial charge in [0.25, 0.3) is 5.56 Å². The van der Waals surface area contributed by atoms with E-state index >= 15 is 0 Å². The molecule has 0 saturated carbocycles. The molecule has 0 unspecified atom stereocenters. The molecule has 142 valence electrons. The van der Waals surface area contributed by atoms with Gasteiger partial charge in [-0.25, -0.2) is 9.55 Å². The standard InChI is InChI=1S/C13H18N5O7P/c19-5-8-7(25-26(21,22)23)4-9(24-8)18-6-15-10-11(18)16-13-14-2-1-3-17(13)12(10)20/h6-9,19H,1-5H2,(H,14,16)(H2,21,22,23)/t7-,8+,9+/m0/s1. The van der Waals surface area contributed by atoms with Gasteiger partial charge in [0, 0.05) is 19.5 Å². The van der Waals surface area contributed by atoms with Gasteiger partial charge in [0.05, 0.1) is 12.9 Å². The molecular weight excluding hydrogens is 369 g/mol. The number of anilines is 1. The first kappa shape index (κ1) is 17.6. The third kappa shape index (κ3) is 3.04. The van der Waals surface area contributed by atoms with Crippen molar-refractivity contribution >= 4 is 24.9 Å². The highest BCUT2D eigenvalue weighted by molar-refractivity contribution is 7.46. The molecule has 0 amide bonds. The lowest BCUT2D eigenvalue weighted by Gasteiger charge is -2.19. The van der Waals surface area contributed by atoms with Gasteiger partial charge in [-0.2, -0.15) is 4.98 Å². The Morgan fingerprint density at radius 3 is 3.00 bits per heavy atom. The molecule has 0 aromatic carbocycles. The van der Waals surface area contributed by atoms with Crippen LogP contribution in [0.3, 0.4) is 0 Å². The zero-order valence-corrected chi connectivity index (χ0v) is 14.5. The molecule has 13 heteroatoms. The van der Waals surface area contributed by atoms with Gasteiger partial charge in [0.1, 0.15) is 18.4 Å². The van der Waals surface area contributed by atoms with Crippen LogP contribution in [0.4, 0.5) is 5.95 Å². The van der Waals surface area contributed by atoms with E-state index in [9.17, 15) is 14.5 Å². The van der Waals surface area contributed by atoms with E-state index in [2.05, 4.69) is 15.3 Å². The van der Waals surface area contributed by atoms with Crippen molar-refractivity contribution in [2.75, 3.05) is 18.5 Å². The molecule has 12 nitrogen and oxygen atoms in total. The fourth-order valence-electron chi connectivity index (χ4n) is 3.31. The number of rotatable bonds is 4. The van der Waals surface area contributed by atoms with Crippen LogP contribution in [0.15, 0.2) is 11.1 Å². The minimum absolute atomic E-state index is 0.0648. The maximum Gasteiger partial charge on any atom is 0.469 e. The number of aliphatic hydroxyl groups is 1. The molecule has 0 bridgehead atoms. The first-order valence-electron chi connectivity index (χ1n) is 8.09. The Bertz CT molecular complexity index is 937. The van der Waals surface area contributed by atoms with Gasteiger partial charge in [-0.1, -0.05) is 0 Å². The second-order valence-corrected chi connectivity index (χ2v) is 7.37. The van der Waals surface area contributed by atoms with Crippen LogP contribution in [0.2, 0.25) is 0 Å². The Labute approximate surface area is 146 Å². The van der Waals surface area contributed by atoms with Crippen LogP contribution in [0.1, 0.15) is 19.1 Å². The van der Waals surface area contributed by atoms with Crippen LogP contribution < -0.4 is 10.9 Å². The molecule has 1 fully saturated rings. The molecule has 26 heavy (non-hydrogen) atoms. The van der Waals surface area contributed by atoms with Gasteiger partial charge in [-0.3, -0.25) is 18.5 Å². The number of aliphatic hydroxyl groups excluding tert-OH is 1. The lowest BCUT2D eigenvalue weighted by molar-refractivity contribution is -0.0425. The second kappa shape index (κ2) is 6.41. The Hall–Kier alpha value is -1.82. The highest BCUT2D eigenvalue weighted by atomic mass is 31.2. The van der Waals surface area contributed by atoms with Crippen LogP contribution in [0.25, 0.3) is 11.2 Å². The molecule has 1 saturated heterocycles. The zero-order valence-electron chi connectivity index (χ0n) is 13.6. The predicted octanol–water partition coefficient (Wildman–Crippen LogP) is -0.834. The molecule has 0 spiro atoms. The van der Waals surface area contributed by atoms with E-state index in [4.69, 9.17) is 19.0 Å². The van der Waals surface area contributed by atoms with Gasteiger partial charge in [-0.05, 0) is 6.42 Å². The Balaban J connectivity index is 1.70. The summed E-state index contributed by atoms with van der Waals surface area (Å²) in [6.07, 6.45) is -0.375. The Morgan fingerprint density at radius 1 is 1.46 bits per heavy atom. The van der Waals surface area contributed by atoms with E-state index in [0.717, 1.165) is 6.42 Å². The van der Waals surface area contributed by atoms with Gasteiger partial charge >= 0.3 is 7.82 Å². The fraction of sp³-hybridized carbons (Fsp3) is 0.615. The minimum Gasteiger partial charge on any atom is -0.394 e. The number of nitrogens with one attached hydrogen (secondary N) is 1. The molecule has 2 aliphatic heterocycles. The van der Waals surface area contributed by atoms with Crippen LogP contribution in [0.5, 0.6) is 0 Å². The third-order valence-corrected chi connectivity index (χ3v) is 5.01. The van der Waals surface area contributed by atoms with E-state index in [-0.39, 0.29) is 17.5 Å². The van der Waals surface area contributed by atoms with Crippen molar-refractivity contribution < 1.29 is 28.7 Å². The van der Waals surface area contributed by atoms with E-state index in [1.165, 1.54) is 15.5 Å². The number of aromatic nitrogens is 4. The average Bonchev–Trinajstić information content (AvgIpc) is 3.17. The monoisotopic (exact) mass is 387 g/mol.